The van der Waals surface area contributed by atoms with E-state index in [1.54, 1.807) is 7.11 Å². The molecular weight excluding hydrogens is 386 g/mol. The molecule has 0 bridgehead atoms. The SMILES string of the molecule is CCCC(C(=O)NC1CCCCC1)N1C(c2ccc(OC)cc2)=NCc2ccccc21. The lowest BCUT2D eigenvalue weighted by Crippen LogP contribution is -2.53. The number of nitrogens with one attached hydrogen (secondary N) is 1. The van der Waals surface area contributed by atoms with Gasteiger partial charge in [0.15, 0.2) is 0 Å². The molecule has 31 heavy (non-hydrogen) atoms. The van der Waals surface area contributed by atoms with Crippen LogP contribution in [0.5, 0.6) is 5.75 Å². The van der Waals surface area contributed by atoms with Crippen molar-refractivity contribution in [1.82, 2.24) is 5.32 Å². The largest absolute Gasteiger partial charge is 0.497 e. The van der Waals surface area contributed by atoms with E-state index < -0.39 is 0 Å². The Kier molecular flexibility index (Phi) is 6.90. The van der Waals surface area contributed by atoms with Gasteiger partial charge >= 0.3 is 0 Å². The van der Waals surface area contributed by atoms with E-state index in [2.05, 4.69) is 29.3 Å². The maximum atomic E-state index is 13.6. The Bertz CT molecular complexity index is 917. The lowest BCUT2D eigenvalue weighted by Gasteiger charge is -2.38. The van der Waals surface area contributed by atoms with Crippen LogP contribution in [0.3, 0.4) is 0 Å². The van der Waals surface area contributed by atoms with Gasteiger partial charge in [0.05, 0.1) is 13.7 Å². The summed E-state index contributed by atoms with van der Waals surface area (Å²) < 4.78 is 5.33. The zero-order valence-electron chi connectivity index (χ0n) is 18.6. The van der Waals surface area contributed by atoms with Gasteiger partial charge in [0.25, 0.3) is 0 Å². The number of hydrogen-bond acceptors (Lipinski definition) is 4. The van der Waals surface area contributed by atoms with E-state index >= 15 is 0 Å². The molecule has 1 amide bonds. The quantitative estimate of drug-likeness (QED) is 0.681. The number of fused-ring (bicyclic) bond motifs is 1. The minimum atomic E-state index is -0.283. The molecule has 0 spiro atoms. The van der Waals surface area contributed by atoms with Crippen molar-refractivity contribution >= 4 is 17.4 Å². The van der Waals surface area contributed by atoms with E-state index in [1.807, 2.05) is 36.4 Å². The van der Waals surface area contributed by atoms with Gasteiger partial charge < -0.3 is 15.0 Å². The highest BCUT2D eigenvalue weighted by atomic mass is 16.5. The molecule has 2 aromatic rings. The summed E-state index contributed by atoms with van der Waals surface area (Å²) in [6.45, 7) is 2.76. The number of rotatable bonds is 7. The van der Waals surface area contributed by atoms with Crippen molar-refractivity contribution in [3.8, 4) is 5.75 Å². The molecule has 5 heteroatoms. The van der Waals surface area contributed by atoms with Crippen LogP contribution in [0.1, 0.15) is 63.0 Å². The Labute approximate surface area is 185 Å². The Morgan fingerprint density at radius 1 is 1.13 bits per heavy atom. The first-order valence-electron chi connectivity index (χ1n) is 11.6. The van der Waals surface area contributed by atoms with Gasteiger partial charge in [-0.25, -0.2) is 0 Å². The monoisotopic (exact) mass is 419 g/mol. The molecule has 2 aliphatic rings. The van der Waals surface area contributed by atoms with Gasteiger partial charge in [0.1, 0.15) is 17.6 Å². The van der Waals surface area contributed by atoms with Crippen molar-refractivity contribution in [2.45, 2.75) is 70.5 Å². The topological polar surface area (TPSA) is 53.9 Å². The predicted octanol–water partition coefficient (Wildman–Crippen LogP) is 5.08. The molecule has 1 saturated carbocycles. The van der Waals surface area contributed by atoms with Gasteiger partial charge in [-0.2, -0.15) is 0 Å². The number of anilines is 1. The van der Waals surface area contributed by atoms with Crippen LogP contribution in [-0.2, 0) is 11.3 Å². The van der Waals surface area contributed by atoms with Crippen LogP contribution in [-0.4, -0.2) is 30.9 Å². The Morgan fingerprint density at radius 3 is 2.58 bits per heavy atom. The Balaban J connectivity index is 1.69. The third-order valence-electron chi connectivity index (χ3n) is 6.35. The van der Waals surface area contributed by atoms with Crippen LogP contribution < -0.4 is 15.0 Å². The van der Waals surface area contributed by atoms with Crippen LogP contribution in [0.25, 0.3) is 0 Å². The van der Waals surface area contributed by atoms with Gasteiger partial charge in [-0.15, -0.1) is 0 Å². The fourth-order valence-corrected chi connectivity index (χ4v) is 4.71. The van der Waals surface area contributed by atoms with Gasteiger partial charge in [0.2, 0.25) is 5.91 Å². The van der Waals surface area contributed by atoms with Crippen LogP contribution in [0.4, 0.5) is 5.69 Å². The van der Waals surface area contributed by atoms with E-state index in [4.69, 9.17) is 9.73 Å². The molecule has 1 heterocycles. The molecule has 1 N–H and O–H groups in total. The number of benzene rings is 2. The first kappa shape index (κ1) is 21.4. The second kappa shape index (κ2) is 9.99. The van der Waals surface area contributed by atoms with E-state index in [0.717, 1.165) is 54.1 Å². The predicted molar refractivity (Wildman–Crippen MR) is 126 cm³/mol. The molecule has 2 aromatic carbocycles. The van der Waals surface area contributed by atoms with Crippen molar-refractivity contribution < 1.29 is 9.53 Å². The fourth-order valence-electron chi connectivity index (χ4n) is 4.71. The number of amides is 1. The van der Waals surface area contributed by atoms with Crippen LogP contribution in [0, 0.1) is 0 Å². The zero-order chi connectivity index (χ0) is 21.6. The molecule has 0 saturated heterocycles. The molecule has 164 valence electrons. The number of aliphatic imine (C=N–C) groups is 1. The van der Waals surface area contributed by atoms with Crippen LogP contribution in [0.2, 0.25) is 0 Å². The lowest BCUT2D eigenvalue weighted by atomic mass is 9.94. The summed E-state index contributed by atoms with van der Waals surface area (Å²) in [7, 11) is 1.67. The van der Waals surface area contributed by atoms with Crippen LogP contribution >= 0.6 is 0 Å². The summed E-state index contributed by atoms with van der Waals surface area (Å²) >= 11 is 0. The molecule has 1 aliphatic heterocycles. The first-order valence-corrected chi connectivity index (χ1v) is 11.6. The fraction of sp³-hybridized carbons (Fsp3) is 0.462. The summed E-state index contributed by atoms with van der Waals surface area (Å²) in [5.41, 5.74) is 3.24. The summed E-state index contributed by atoms with van der Waals surface area (Å²) in [4.78, 5) is 20.7. The maximum Gasteiger partial charge on any atom is 0.243 e. The maximum absolute atomic E-state index is 13.6. The molecule has 1 atom stereocenters. The van der Waals surface area contributed by atoms with Gasteiger partial charge in [-0.1, -0.05) is 50.8 Å². The van der Waals surface area contributed by atoms with Gasteiger partial charge in [0, 0.05) is 17.3 Å². The Hall–Kier alpha value is -2.82. The third kappa shape index (κ3) is 4.76. The number of nitrogens with zero attached hydrogens (tertiary/aromatic N) is 2. The van der Waals surface area contributed by atoms with Crippen molar-refractivity contribution in [2.75, 3.05) is 12.0 Å². The number of hydrogen-bond donors (Lipinski definition) is 1. The molecule has 0 aromatic heterocycles. The highest BCUT2D eigenvalue weighted by molar-refractivity contribution is 6.14. The van der Waals surface area contributed by atoms with E-state index in [0.29, 0.717) is 12.6 Å². The number of carbonyl (C=O) groups excluding carboxylic acids is 1. The smallest absolute Gasteiger partial charge is 0.243 e. The number of carbonyl (C=O) groups is 1. The zero-order valence-corrected chi connectivity index (χ0v) is 18.6. The molecule has 0 radical (unpaired) electrons. The van der Waals surface area contributed by atoms with E-state index in [-0.39, 0.29) is 11.9 Å². The van der Waals surface area contributed by atoms with Crippen molar-refractivity contribution in [1.29, 1.82) is 0 Å². The molecule has 1 aliphatic carbocycles. The average Bonchev–Trinajstić information content (AvgIpc) is 2.82. The van der Waals surface area contributed by atoms with Gasteiger partial charge in [-0.3, -0.25) is 9.79 Å². The van der Waals surface area contributed by atoms with Crippen LogP contribution in [0.15, 0.2) is 53.5 Å². The number of amidine groups is 1. The van der Waals surface area contributed by atoms with E-state index in [1.165, 1.54) is 19.3 Å². The summed E-state index contributed by atoms with van der Waals surface area (Å²) in [5.74, 6) is 1.79. The highest BCUT2D eigenvalue weighted by Gasteiger charge is 2.34. The number of methoxy groups -OCH3 is 1. The summed E-state index contributed by atoms with van der Waals surface area (Å²) in [6, 6.07) is 16.3. The Morgan fingerprint density at radius 2 is 1.87 bits per heavy atom. The normalized spacial score (nSPS) is 17.5. The minimum absolute atomic E-state index is 0.117. The summed E-state index contributed by atoms with van der Waals surface area (Å²) in [5, 5.41) is 3.37. The average molecular weight is 420 g/mol. The lowest BCUT2D eigenvalue weighted by molar-refractivity contribution is -0.123. The highest BCUT2D eigenvalue weighted by Crippen LogP contribution is 2.32. The minimum Gasteiger partial charge on any atom is -0.497 e. The molecule has 1 fully saturated rings. The van der Waals surface area contributed by atoms with E-state index in [9.17, 15) is 4.79 Å². The molecule has 4 rings (SSSR count). The summed E-state index contributed by atoms with van der Waals surface area (Å²) in [6.07, 6.45) is 7.56. The van der Waals surface area contributed by atoms with Crippen molar-refractivity contribution in [3.05, 3.63) is 59.7 Å². The first-order chi connectivity index (χ1) is 15.2. The molecule has 1 unspecified atom stereocenters. The number of ether oxygens (including phenoxy) is 1. The molecule has 5 nitrogen and oxygen atoms in total. The van der Waals surface area contributed by atoms with Crippen molar-refractivity contribution in [3.63, 3.8) is 0 Å². The molecular formula is C26H33N3O2. The standard InChI is InChI=1S/C26H33N3O2/c1-3-9-24(26(30)28-21-11-5-4-6-12-21)29-23-13-8-7-10-20(23)18-27-25(29)19-14-16-22(31-2)17-15-19/h7-8,10,13-17,21,24H,3-6,9,11-12,18H2,1-2H3,(H,28,30). The second-order valence-electron chi connectivity index (χ2n) is 8.52. The third-order valence-corrected chi connectivity index (χ3v) is 6.35. The van der Waals surface area contributed by atoms with Crippen molar-refractivity contribution in [2.24, 2.45) is 4.99 Å². The number of para-hydroxylation sites is 1. The second-order valence-corrected chi connectivity index (χ2v) is 8.52. The van der Waals surface area contributed by atoms with Gasteiger partial charge in [-0.05, 0) is 55.2 Å².